The van der Waals surface area contributed by atoms with E-state index in [-0.39, 0.29) is 17.1 Å². The number of carboxylic acid groups (broad SMARTS) is 1. The Morgan fingerprint density at radius 3 is 1.80 bits per heavy atom. The minimum atomic E-state index is -1.33. The number of carbonyl (C=O) groups excluding carboxylic acids is 1. The van der Waals surface area contributed by atoms with Gasteiger partial charge in [-0.3, -0.25) is 0 Å². The topological polar surface area (TPSA) is 40.1 Å². The number of hydrogen-bond donors (Lipinski definition) is 0. The third-order valence-electron chi connectivity index (χ3n) is 0. The summed E-state index contributed by atoms with van der Waals surface area (Å²) in [5.41, 5.74) is 0. The van der Waals surface area contributed by atoms with Crippen molar-refractivity contribution in [2.45, 2.75) is 0 Å². The molecule has 1 radical (unpaired) electrons. The van der Waals surface area contributed by atoms with Crippen LogP contribution < -0.4 is 5.11 Å². The molecule has 0 heterocycles. The molecule has 3 heteroatoms. The SMILES string of the molecule is [CH2-]C(=O)[O-].[Cu+2]. The van der Waals surface area contributed by atoms with Crippen molar-refractivity contribution >= 4 is 5.97 Å². The van der Waals surface area contributed by atoms with E-state index in [2.05, 4.69) is 6.92 Å². The van der Waals surface area contributed by atoms with Crippen molar-refractivity contribution in [3.63, 3.8) is 0 Å². The number of carboxylic acids is 1. The van der Waals surface area contributed by atoms with Crippen LogP contribution in [0.25, 0.3) is 0 Å². The van der Waals surface area contributed by atoms with E-state index in [9.17, 15) is 0 Å². The molecule has 0 fully saturated rings. The van der Waals surface area contributed by atoms with Crippen molar-refractivity contribution < 1.29 is 27.0 Å². The van der Waals surface area contributed by atoms with Gasteiger partial charge >= 0.3 is 17.1 Å². The average molecular weight is 122 g/mol. The molecule has 0 aromatic carbocycles. The number of carbonyl (C=O) groups is 1. The molecule has 2 nitrogen and oxygen atoms in total. The van der Waals surface area contributed by atoms with Gasteiger partial charge in [0.2, 0.25) is 0 Å². The quantitative estimate of drug-likeness (QED) is 0.291. The standard InChI is InChI=1S/C2H3O2.Cu/c1-2(3)4;/h1H2,(H,3,4);/q-1;+2/p-1. The average Bonchev–Trinajstić information content (AvgIpc) is 0.811. The minimum Gasteiger partial charge on any atom is -0.584 e. The fraction of sp³-hybridized carbons (Fsp3) is 0. The van der Waals surface area contributed by atoms with Gasteiger partial charge in [-0.1, -0.05) is 0 Å². The van der Waals surface area contributed by atoms with Gasteiger partial charge in [0, 0.05) is 0 Å². The van der Waals surface area contributed by atoms with Gasteiger partial charge in [-0.2, -0.15) is 0 Å². The second-order valence-electron chi connectivity index (χ2n) is 0.372. The predicted molar refractivity (Wildman–Crippen MR) is 10.4 cm³/mol. The molecule has 0 rings (SSSR count). The fourth-order valence-corrected chi connectivity index (χ4v) is 0. The Hall–Kier alpha value is -0.141. The molecule has 33 valence electrons. The van der Waals surface area contributed by atoms with Gasteiger partial charge in [0.25, 0.3) is 0 Å². The summed E-state index contributed by atoms with van der Waals surface area (Å²) in [5.74, 6) is -1.33. The van der Waals surface area contributed by atoms with E-state index < -0.39 is 5.97 Å². The van der Waals surface area contributed by atoms with Crippen LogP contribution in [0.2, 0.25) is 0 Å². The van der Waals surface area contributed by atoms with E-state index in [0.717, 1.165) is 0 Å². The summed E-state index contributed by atoms with van der Waals surface area (Å²) in [7, 11) is 0. The summed E-state index contributed by atoms with van der Waals surface area (Å²) < 4.78 is 0. The maximum absolute atomic E-state index is 8.78. The van der Waals surface area contributed by atoms with Gasteiger partial charge in [-0.05, 0) is 0 Å². The second-order valence-corrected chi connectivity index (χ2v) is 0.372. The smallest absolute Gasteiger partial charge is 0.584 e. The molecule has 0 saturated carbocycles. The van der Waals surface area contributed by atoms with Crippen molar-refractivity contribution in [3.05, 3.63) is 6.92 Å². The first-order valence-corrected chi connectivity index (χ1v) is 0.762. The molecule has 0 bridgehead atoms. The molecule has 0 aromatic rings. The second kappa shape index (κ2) is 3.86. The summed E-state index contributed by atoms with van der Waals surface area (Å²) in [6, 6.07) is 0. The van der Waals surface area contributed by atoms with Crippen LogP contribution >= 0.6 is 0 Å². The van der Waals surface area contributed by atoms with Crippen LogP contribution in [-0.4, -0.2) is 5.97 Å². The van der Waals surface area contributed by atoms with Crippen molar-refractivity contribution in [1.82, 2.24) is 0 Å². The van der Waals surface area contributed by atoms with Gasteiger partial charge in [0.1, 0.15) is 0 Å². The summed E-state index contributed by atoms with van der Waals surface area (Å²) in [6.45, 7) is 2.44. The number of hydrogen-bond acceptors (Lipinski definition) is 2. The van der Waals surface area contributed by atoms with Crippen LogP contribution in [0.5, 0.6) is 0 Å². The van der Waals surface area contributed by atoms with E-state index in [0.29, 0.717) is 0 Å². The monoisotopic (exact) mass is 121 g/mol. The summed E-state index contributed by atoms with van der Waals surface area (Å²) in [6.07, 6.45) is 0. The first-order chi connectivity index (χ1) is 1.73. The minimum absolute atomic E-state index is 0. The zero-order chi connectivity index (χ0) is 3.58. The molecular formula is C2H2CuO2. The molecule has 0 aliphatic heterocycles. The molecule has 0 amide bonds. The first kappa shape index (κ1) is 8.85. The number of aliphatic carboxylic acids is 1. The molecule has 0 spiro atoms. The first-order valence-electron chi connectivity index (χ1n) is 0.762. The van der Waals surface area contributed by atoms with Crippen molar-refractivity contribution in [2.24, 2.45) is 0 Å². The maximum Gasteiger partial charge on any atom is 2.00 e. The molecule has 0 atom stereocenters. The molecular weight excluding hydrogens is 120 g/mol. The third kappa shape index (κ3) is 676. The Kier molecular flexibility index (Phi) is 6.83. The maximum atomic E-state index is 8.78. The molecule has 0 aliphatic carbocycles. The Bertz CT molecular complexity index is 30.6. The van der Waals surface area contributed by atoms with Crippen LogP contribution in [0.4, 0.5) is 0 Å². The van der Waals surface area contributed by atoms with Gasteiger partial charge in [-0.25, -0.2) is 0 Å². The van der Waals surface area contributed by atoms with E-state index >= 15 is 0 Å². The largest absolute Gasteiger partial charge is 2.00 e. The van der Waals surface area contributed by atoms with Crippen LogP contribution in [0, 0.1) is 6.92 Å². The summed E-state index contributed by atoms with van der Waals surface area (Å²) in [5, 5.41) is 8.78. The zero-order valence-corrected chi connectivity index (χ0v) is 3.27. The number of rotatable bonds is 0. The van der Waals surface area contributed by atoms with E-state index in [1.165, 1.54) is 0 Å². The summed E-state index contributed by atoms with van der Waals surface area (Å²) in [4.78, 5) is 8.78. The van der Waals surface area contributed by atoms with Crippen molar-refractivity contribution in [1.29, 1.82) is 0 Å². The van der Waals surface area contributed by atoms with Gasteiger partial charge in [0.15, 0.2) is 0 Å². The van der Waals surface area contributed by atoms with E-state index in [1.54, 1.807) is 0 Å². The molecule has 5 heavy (non-hydrogen) atoms. The Morgan fingerprint density at radius 1 is 1.80 bits per heavy atom. The molecule has 0 aliphatic rings. The third-order valence-corrected chi connectivity index (χ3v) is 0. The Labute approximate surface area is 40.7 Å². The fourth-order valence-electron chi connectivity index (χ4n) is 0. The molecule has 0 N–H and O–H groups in total. The molecule has 0 aromatic heterocycles. The van der Waals surface area contributed by atoms with Crippen molar-refractivity contribution in [3.8, 4) is 0 Å². The molecule has 0 unspecified atom stereocenters. The van der Waals surface area contributed by atoms with Crippen LogP contribution in [0.15, 0.2) is 0 Å². The Balaban J connectivity index is 0. The van der Waals surface area contributed by atoms with Gasteiger partial charge in [0.05, 0.1) is 0 Å². The van der Waals surface area contributed by atoms with Crippen LogP contribution in [0.1, 0.15) is 0 Å². The van der Waals surface area contributed by atoms with Crippen LogP contribution in [-0.2, 0) is 21.9 Å². The van der Waals surface area contributed by atoms with Crippen molar-refractivity contribution in [2.75, 3.05) is 0 Å². The molecule has 0 saturated heterocycles. The van der Waals surface area contributed by atoms with E-state index in [1.807, 2.05) is 0 Å². The van der Waals surface area contributed by atoms with Crippen LogP contribution in [0.3, 0.4) is 0 Å². The Morgan fingerprint density at radius 2 is 1.80 bits per heavy atom. The normalized spacial score (nSPS) is 4.80. The summed E-state index contributed by atoms with van der Waals surface area (Å²) >= 11 is 0. The van der Waals surface area contributed by atoms with Gasteiger partial charge < -0.3 is 16.8 Å². The van der Waals surface area contributed by atoms with E-state index in [4.69, 9.17) is 9.90 Å². The van der Waals surface area contributed by atoms with Gasteiger partial charge in [-0.15, -0.1) is 5.97 Å². The zero-order valence-electron chi connectivity index (χ0n) is 2.33. The predicted octanol–water partition coefficient (Wildman–Crippen LogP) is -1.43.